The van der Waals surface area contributed by atoms with E-state index in [1.807, 2.05) is 50.2 Å². The van der Waals surface area contributed by atoms with E-state index in [1.165, 1.54) is 0 Å². The van der Waals surface area contributed by atoms with Gasteiger partial charge in [-0.25, -0.2) is 4.98 Å². The number of aryl methyl sites for hydroxylation is 2. The molecule has 2 amide bonds. The van der Waals surface area contributed by atoms with Crippen molar-refractivity contribution in [3.05, 3.63) is 88.4 Å². The van der Waals surface area contributed by atoms with Crippen molar-refractivity contribution in [3.63, 3.8) is 0 Å². The van der Waals surface area contributed by atoms with Crippen LogP contribution in [0.1, 0.15) is 44.6 Å². The van der Waals surface area contributed by atoms with E-state index in [1.54, 1.807) is 28.2 Å². The maximum atomic E-state index is 12.9. The molecule has 6 rings (SSSR count). The van der Waals surface area contributed by atoms with Crippen LogP contribution >= 0.6 is 0 Å². The third kappa shape index (κ3) is 4.90. The van der Waals surface area contributed by atoms with Crippen molar-refractivity contribution in [1.82, 2.24) is 25.0 Å². The summed E-state index contributed by atoms with van der Waals surface area (Å²) in [6, 6.07) is 11.6. The smallest absolute Gasteiger partial charge is 0.311 e. The lowest BCUT2D eigenvalue weighted by molar-refractivity contribution is -0.144. The van der Waals surface area contributed by atoms with Gasteiger partial charge in [0.05, 0.1) is 30.1 Å². The predicted molar refractivity (Wildman–Crippen MR) is 153 cm³/mol. The number of hydrogen-bond acceptors (Lipinski definition) is 6. The van der Waals surface area contributed by atoms with E-state index in [9.17, 15) is 19.5 Å². The van der Waals surface area contributed by atoms with Gasteiger partial charge < -0.3 is 21.1 Å². The second-order valence-corrected chi connectivity index (χ2v) is 11.3. The fourth-order valence-corrected chi connectivity index (χ4v) is 6.08. The van der Waals surface area contributed by atoms with Crippen molar-refractivity contribution in [2.75, 3.05) is 18.8 Å². The molecule has 3 heterocycles. The van der Waals surface area contributed by atoms with Crippen molar-refractivity contribution in [3.8, 4) is 0 Å². The van der Waals surface area contributed by atoms with Crippen LogP contribution in [0.25, 0.3) is 10.8 Å². The number of carboxylic acids is 1. The molecule has 2 aromatic carbocycles. The van der Waals surface area contributed by atoms with Crippen LogP contribution in [0.15, 0.2) is 55.0 Å². The van der Waals surface area contributed by atoms with Gasteiger partial charge in [-0.2, -0.15) is 5.10 Å². The largest absolute Gasteiger partial charge is 0.481 e. The summed E-state index contributed by atoms with van der Waals surface area (Å²) >= 11 is 0. The summed E-state index contributed by atoms with van der Waals surface area (Å²) in [7, 11) is 0. The number of aromatic nitrogens is 3. The summed E-state index contributed by atoms with van der Waals surface area (Å²) in [5.74, 6) is -0.447. The first-order valence-electron chi connectivity index (χ1n) is 13.7. The van der Waals surface area contributed by atoms with Crippen LogP contribution in [0.5, 0.6) is 0 Å². The number of amides is 2. The minimum atomic E-state index is -0.791. The number of carbonyl (C=O) groups is 3. The molecule has 0 unspecified atom stereocenters. The number of likely N-dealkylation sites (tertiary alicyclic amines) is 1. The molecule has 0 bridgehead atoms. The molecule has 1 aliphatic carbocycles. The van der Waals surface area contributed by atoms with E-state index < -0.39 is 11.4 Å². The third-order valence-corrected chi connectivity index (χ3v) is 8.68. The molecule has 2 fully saturated rings. The van der Waals surface area contributed by atoms with E-state index in [0.717, 1.165) is 38.6 Å². The van der Waals surface area contributed by atoms with Gasteiger partial charge >= 0.3 is 5.97 Å². The number of anilines is 1. The van der Waals surface area contributed by atoms with Gasteiger partial charge in [0.15, 0.2) is 0 Å². The highest BCUT2D eigenvalue weighted by Crippen LogP contribution is 2.57. The molecule has 41 heavy (non-hydrogen) atoms. The lowest BCUT2D eigenvalue weighted by Gasteiger charge is -2.19. The average molecular weight is 553 g/mol. The molecule has 2 atom stereocenters. The predicted octanol–water partition coefficient (Wildman–Crippen LogP) is 3.08. The first-order chi connectivity index (χ1) is 19.6. The first kappa shape index (κ1) is 26.5. The number of pyridine rings is 1. The highest BCUT2D eigenvalue weighted by Gasteiger charge is 2.66. The van der Waals surface area contributed by atoms with E-state index >= 15 is 0 Å². The first-order valence-corrected chi connectivity index (χ1v) is 13.7. The van der Waals surface area contributed by atoms with Crippen LogP contribution in [0.3, 0.4) is 0 Å². The highest BCUT2D eigenvalue weighted by atomic mass is 16.4. The molecule has 0 spiro atoms. The van der Waals surface area contributed by atoms with Crippen LogP contribution in [-0.4, -0.2) is 55.6 Å². The van der Waals surface area contributed by atoms with E-state index in [-0.39, 0.29) is 24.2 Å². The number of nitrogens with one attached hydrogen (secondary N) is 1. The summed E-state index contributed by atoms with van der Waals surface area (Å²) in [4.78, 5) is 43.0. The normalized spacial score (nSPS) is 19.3. The number of benzene rings is 2. The van der Waals surface area contributed by atoms with Gasteiger partial charge in [0.25, 0.3) is 5.91 Å². The molecular formula is C31H32N6O4. The van der Waals surface area contributed by atoms with Crippen LogP contribution in [0.2, 0.25) is 0 Å². The van der Waals surface area contributed by atoms with Gasteiger partial charge in [-0.15, -0.1) is 0 Å². The number of nitrogen functional groups attached to an aromatic ring is 1. The summed E-state index contributed by atoms with van der Waals surface area (Å²) in [5.41, 5.74) is 10.8. The van der Waals surface area contributed by atoms with Crippen molar-refractivity contribution < 1.29 is 19.5 Å². The zero-order valence-corrected chi connectivity index (χ0v) is 23.1. The van der Waals surface area contributed by atoms with E-state index in [0.29, 0.717) is 44.0 Å². The molecule has 1 saturated heterocycles. The molecule has 210 valence electrons. The second kappa shape index (κ2) is 10.0. The molecule has 10 nitrogen and oxygen atoms in total. The van der Waals surface area contributed by atoms with Crippen molar-refractivity contribution >= 4 is 34.4 Å². The van der Waals surface area contributed by atoms with Crippen LogP contribution < -0.4 is 11.1 Å². The summed E-state index contributed by atoms with van der Waals surface area (Å²) in [5, 5.41) is 18.7. The van der Waals surface area contributed by atoms with Crippen LogP contribution in [0.4, 0.5) is 5.82 Å². The Bertz CT molecular complexity index is 1700. The average Bonchev–Trinajstić information content (AvgIpc) is 3.26. The Morgan fingerprint density at radius 3 is 2.61 bits per heavy atom. The molecule has 1 aliphatic heterocycles. The Labute approximate surface area is 237 Å². The molecular weight excluding hydrogens is 520 g/mol. The Morgan fingerprint density at radius 2 is 1.88 bits per heavy atom. The van der Waals surface area contributed by atoms with Gasteiger partial charge in [-0.05, 0) is 71.5 Å². The molecule has 2 aliphatic rings. The topological polar surface area (TPSA) is 143 Å². The summed E-state index contributed by atoms with van der Waals surface area (Å²) in [6.45, 7) is 5.74. The lowest BCUT2D eigenvalue weighted by Crippen LogP contribution is -2.34. The Kier molecular flexibility index (Phi) is 6.48. The van der Waals surface area contributed by atoms with Gasteiger partial charge in [0.1, 0.15) is 5.82 Å². The van der Waals surface area contributed by atoms with E-state index in [4.69, 9.17) is 5.73 Å². The SMILES string of the molecule is Cc1cc2c(N)nccc2c(C)c1CNC(=O)c1cnn(Cc2ccc(CC(=O)N3C[C@H]4C[C@@]4(C(=O)O)C3)cc2)c1. The lowest BCUT2D eigenvalue weighted by atomic mass is 9.96. The molecule has 10 heteroatoms. The Balaban J connectivity index is 1.04. The number of rotatable bonds is 8. The maximum absolute atomic E-state index is 12.9. The van der Waals surface area contributed by atoms with Crippen molar-refractivity contribution in [2.45, 2.75) is 39.8 Å². The number of carbonyl (C=O) groups excluding carboxylic acids is 2. The van der Waals surface area contributed by atoms with Crippen LogP contribution in [-0.2, 0) is 29.1 Å². The van der Waals surface area contributed by atoms with Gasteiger partial charge in [0, 0.05) is 37.4 Å². The Morgan fingerprint density at radius 1 is 1.12 bits per heavy atom. The monoisotopic (exact) mass is 552 g/mol. The van der Waals surface area contributed by atoms with Crippen molar-refractivity contribution in [2.24, 2.45) is 11.3 Å². The van der Waals surface area contributed by atoms with Crippen LogP contribution in [0, 0.1) is 25.2 Å². The highest BCUT2D eigenvalue weighted by molar-refractivity contribution is 5.95. The number of fused-ring (bicyclic) bond motifs is 2. The summed E-state index contributed by atoms with van der Waals surface area (Å²) in [6.07, 6.45) is 5.89. The molecule has 4 N–H and O–H groups in total. The number of nitrogens with two attached hydrogens (primary N) is 1. The fourth-order valence-electron chi connectivity index (χ4n) is 6.08. The number of piperidine rings is 1. The number of hydrogen-bond donors (Lipinski definition) is 3. The van der Waals surface area contributed by atoms with E-state index in [2.05, 4.69) is 15.4 Å². The third-order valence-electron chi connectivity index (χ3n) is 8.68. The minimum Gasteiger partial charge on any atom is -0.481 e. The summed E-state index contributed by atoms with van der Waals surface area (Å²) < 4.78 is 1.71. The molecule has 0 radical (unpaired) electrons. The molecule has 4 aromatic rings. The standard InChI is InChI=1S/C31H32N6O4/c1-18-9-25-24(7-8-33-28(25)32)19(2)26(18)13-34-29(39)22-12-35-37(15-22)14-21-5-3-20(4-6-21)10-27(38)36-16-23-11-31(23,17-36)30(40)41/h3-9,12,15,23H,10-11,13-14,16-17H2,1-2H3,(H2,32,33)(H,34,39)(H,40,41)/t23-,31-/m1/s1. The quantitative estimate of drug-likeness (QED) is 0.305. The van der Waals surface area contributed by atoms with Gasteiger partial charge in [0.2, 0.25) is 5.91 Å². The van der Waals surface area contributed by atoms with Gasteiger partial charge in [-0.3, -0.25) is 19.1 Å². The van der Waals surface area contributed by atoms with Gasteiger partial charge in [-0.1, -0.05) is 24.3 Å². The minimum absolute atomic E-state index is 0.0384. The number of carboxylic acid groups (broad SMARTS) is 1. The second-order valence-electron chi connectivity index (χ2n) is 11.3. The zero-order chi connectivity index (χ0) is 28.9. The Hall–Kier alpha value is -4.73. The zero-order valence-electron chi connectivity index (χ0n) is 23.1. The molecule has 2 aromatic heterocycles. The number of aliphatic carboxylic acids is 1. The van der Waals surface area contributed by atoms with Crippen molar-refractivity contribution in [1.29, 1.82) is 0 Å². The fraction of sp³-hybridized carbons (Fsp3) is 0.323. The maximum Gasteiger partial charge on any atom is 0.311 e. The number of nitrogens with zero attached hydrogens (tertiary/aromatic N) is 4. The molecule has 1 saturated carbocycles.